The molecule has 2 saturated heterocycles. The average Bonchev–Trinajstić information content (AvgIpc) is 3.31. The van der Waals surface area contributed by atoms with Gasteiger partial charge in [-0.15, -0.1) is 0 Å². The smallest absolute Gasteiger partial charge is 0.417 e. The van der Waals surface area contributed by atoms with Gasteiger partial charge in [0.05, 0.1) is 18.7 Å². The summed E-state index contributed by atoms with van der Waals surface area (Å²) >= 11 is 0. The van der Waals surface area contributed by atoms with E-state index < -0.39 is 59.2 Å². The predicted molar refractivity (Wildman–Crippen MR) is 153 cm³/mol. The molecule has 2 N–H and O–H groups in total. The molecule has 2 fully saturated rings. The van der Waals surface area contributed by atoms with Crippen LogP contribution in [0.1, 0.15) is 62.8 Å². The molecule has 0 saturated carbocycles. The Bertz CT molecular complexity index is 1310. The van der Waals surface area contributed by atoms with Crippen molar-refractivity contribution in [2.75, 3.05) is 32.7 Å². The predicted octanol–water partition coefficient (Wildman–Crippen LogP) is 4.30. The second-order valence-electron chi connectivity index (χ2n) is 12.3. The number of anilines is 1. The zero-order chi connectivity index (χ0) is 31.7. The number of carboxylic acids is 1. The van der Waals surface area contributed by atoms with Crippen molar-refractivity contribution in [3.8, 4) is 5.88 Å². The van der Waals surface area contributed by atoms with Gasteiger partial charge >= 0.3 is 12.1 Å². The summed E-state index contributed by atoms with van der Waals surface area (Å²) in [7, 11) is 4.92. The lowest BCUT2D eigenvalue weighted by atomic mass is 9.72. The second kappa shape index (κ2) is 12.7. The molecular formula is C30H40F3N5O5. The summed E-state index contributed by atoms with van der Waals surface area (Å²) in [4.78, 5) is 38.9. The summed E-state index contributed by atoms with van der Waals surface area (Å²) in [6, 6.07) is 1.70. The minimum atomic E-state index is -4.62. The van der Waals surface area contributed by atoms with E-state index in [1.54, 1.807) is 37.3 Å². The Morgan fingerprint density at radius 2 is 1.93 bits per heavy atom. The quantitative estimate of drug-likeness (QED) is 0.453. The number of carboxylic acid groups (broad SMARTS) is 1. The Labute approximate surface area is 249 Å². The maximum Gasteiger partial charge on any atom is 0.417 e. The van der Waals surface area contributed by atoms with Crippen LogP contribution < -0.4 is 15.0 Å². The topological polar surface area (TPSA) is 117 Å². The Hall–Kier alpha value is -3.45. The van der Waals surface area contributed by atoms with Gasteiger partial charge in [0.15, 0.2) is 0 Å². The molecule has 0 spiro atoms. The number of pyridine rings is 2. The minimum Gasteiger partial charge on any atom is -0.481 e. The number of amides is 1. The van der Waals surface area contributed by atoms with Gasteiger partial charge in [-0.3, -0.25) is 4.79 Å². The number of carbonyl (C=O) groups excluding carboxylic acids is 1. The molecule has 0 unspecified atom stereocenters. The minimum absolute atomic E-state index is 0.0102. The van der Waals surface area contributed by atoms with E-state index in [1.165, 1.54) is 12.0 Å². The van der Waals surface area contributed by atoms with Crippen LogP contribution in [-0.4, -0.2) is 77.9 Å². The number of nitrogens with zero attached hydrogens (tertiary/aromatic N) is 4. The summed E-state index contributed by atoms with van der Waals surface area (Å²) < 4.78 is 51.9. The lowest BCUT2D eigenvalue weighted by molar-refractivity contribution is -0.159. The number of hydrogen-bond donors (Lipinski definition) is 2. The fourth-order valence-corrected chi connectivity index (χ4v) is 6.36. The van der Waals surface area contributed by atoms with Crippen molar-refractivity contribution in [2.45, 2.75) is 77.0 Å². The van der Waals surface area contributed by atoms with Crippen LogP contribution in [0.15, 0.2) is 30.6 Å². The maximum absolute atomic E-state index is 14.2. The van der Waals surface area contributed by atoms with Gasteiger partial charge < -0.3 is 29.7 Å². The van der Waals surface area contributed by atoms with Crippen LogP contribution in [0.25, 0.3) is 0 Å². The van der Waals surface area contributed by atoms with Crippen molar-refractivity contribution < 1.29 is 37.3 Å². The van der Waals surface area contributed by atoms with E-state index in [0.717, 1.165) is 18.9 Å². The van der Waals surface area contributed by atoms with E-state index in [0.29, 0.717) is 30.6 Å². The third kappa shape index (κ3) is 6.72. The molecule has 0 bridgehead atoms. The molecule has 2 aromatic heterocycles. The number of hydrogen-bond acceptors (Lipinski definition) is 8. The van der Waals surface area contributed by atoms with Crippen molar-refractivity contribution in [3.63, 3.8) is 0 Å². The van der Waals surface area contributed by atoms with Crippen LogP contribution in [0.4, 0.5) is 19.0 Å². The van der Waals surface area contributed by atoms with Crippen molar-refractivity contribution in [1.82, 2.24) is 20.2 Å². The third-order valence-electron chi connectivity index (χ3n) is 8.16. The normalized spacial score (nSPS) is 24.6. The highest BCUT2D eigenvalue weighted by atomic mass is 19.4. The van der Waals surface area contributed by atoms with E-state index in [9.17, 15) is 27.9 Å². The van der Waals surface area contributed by atoms with Gasteiger partial charge in [0, 0.05) is 62.7 Å². The SMILES string of the molecule is COc1ncc(C(F)(F)F)cc1CN[C@H]1[C@H](C(C)(C)C)[C@@H](C(=O)O)N(C(=O)[C@@H]2CCCCO2)[C@H]1c1cccnc1N(C)C. The van der Waals surface area contributed by atoms with Crippen molar-refractivity contribution in [1.29, 1.82) is 0 Å². The summed E-state index contributed by atoms with van der Waals surface area (Å²) in [5, 5.41) is 14.0. The van der Waals surface area contributed by atoms with Crippen LogP contribution in [-0.2, 0) is 27.0 Å². The molecule has 13 heteroatoms. The van der Waals surface area contributed by atoms with Crippen LogP contribution in [0.2, 0.25) is 0 Å². The van der Waals surface area contributed by atoms with E-state index in [2.05, 4.69) is 15.3 Å². The van der Waals surface area contributed by atoms with E-state index in [1.807, 2.05) is 20.8 Å². The first-order valence-corrected chi connectivity index (χ1v) is 14.3. The first-order chi connectivity index (χ1) is 20.2. The Morgan fingerprint density at radius 1 is 1.21 bits per heavy atom. The van der Waals surface area contributed by atoms with Crippen LogP contribution in [0.5, 0.6) is 5.88 Å². The third-order valence-corrected chi connectivity index (χ3v) is 8.16. The molecule has 4 rings (SSSR count). The zero-order valence-electron chi connectivity index (χ0n) is 25.3. The number of halogens is 3. The molecule has 0 aromatic carbocycles. The molecule has 5 atom stereocenters. The van der Waals surface area contributed by atoms with E-state index >= 15 is 0 Å². The fourth-order valence-electron chi connectivity index (χ4n) is 6.36. The van der Waals surface area contributed by atoms with Crippen molar-refractivity contribution in [3.05, 3.63) is 47.3 Å². The number of methoxy groups -OCH3 is 1. The first kappa shape index (κ1) is 32.5. The number of likely N-dealkylation sites (tertiary alicyclic amines) is 1. The first-order valence-electron chi connectivity index (χ1n) is 14.3. The van der Waals surface area contributed by atoms with Crippen LogP contribution in [0.3, 0.4) is 0 Å². The standard InChI is InChI=1S/C30H40F3N5O5/c1-29(2,3)21-22(35-15-17-14-18(30(31,32)33)16-36-26(17)42-6)23(19-10-9-12-34-25(19)37(4)5)38(24(21)28(40)41)27(39)20-11-7-8-13-43-20/h9-10,12,14,16,20-24,35H,7-8,11,13,15H2,1-6H3,(H,40,41)/t20-,21-,22-,23-,24-/m0/s1. The van der Waals surface area contributed by atoms with Gasteiger partial charge in [-0.2, -0.15) is 13.2 Å². The number of carbonyl (C=O) groups is 2. The Morgan fingerprint density at radius 3 is 2.49 bits per heavy atom. The summed E-state index contributed by atoms with van der Waals surface area (Å²) in [6.07, 6.45) is -1.05. The van der Waals surface area contributed by atoms with Gasteiger partial charge in [0.2, 0.25) is 5.88 Å². The number of aromatic nitrogens is 2. The molecule has 0 radical (unpaired) electrons. The molecule has 236 valence electrons. The monoisotopic (exact) mass is 607 g/mol. The molecule has 2 aliphatic heterocycles. The highest BCUT2D eigenvalue weighted by Crippen LogP contribution is 2.50. The number of aliphatic carboxylic acids is 1. The molecule has 4 heterocycles. The van der Waals surface area contributed by atoms with Gasteiger partial charge in [-0.05, 0) is 36.8 Å². The number of ether oxygens (including phenoxy) is 2. The van der Waals surface area contributed by atoms with Gasteiger partial charge in [0.1, 0.15) is 18.0 Å². The molecule has 2 aliphatic rings. The zero-order valence-corrected chi connectivity index (χ0v) is 25.3. The molecule has 1 amide bonds. The summed E-state index contributed by atoms with van der Waals surface area (Å²) in [5.74, 6) is -1.72. The maximum atomic E-state index is 14.2. The van der Waals surface area contributed by atoms with Gasteiger partial charge in [0.25, 0.3) is 5.91 Å². The lowest BCUT2D eigenvalue weighted by Crippen LogP contribution is -2.51. The highest BCUT2D eigenvalue weighted by Gasteiger charge is 2.59. The van der Waals surface area contributed by atoms with Crippen LogP contribution in [0, 0.1) is 11.3 Å². The lowest BCUT2D eigenvalue weighted by Gasteiger charge is -2.36. The average molecular weight is 608 g/mol. The molecule has 10 nitrogen and oxygen atoms in total. The molecule has 43 heavy (non-hydrogen) atoms. The largest absolute Gasteiger partial charge is 0.481 e. The highest BCUT2D eigenvalue weighted by molar-refractivity contribution is 5.88. The molecule has 0 aliphatic carbocycles. The summed E-state index contributed by atoms with van der Waals surface area (Å²) in [6.45, 7) is 5.96. The second-order valence-corrected chi connectivity index (χ2v) is 12.3. The molecular weight excluding hydrogens is 567 g/mol. The van der Waals surface area contributed by atoms with Crippen molar-refractivity contribution in [2.24, 2.45) is 11.3 Å². The number of rotatable bonds is 8. The fraction of sp³-hybridized carbons (Fsp3) is 0.600. The van der Waals surface area contributed by atoms with E-state index in [-0.39, 0.29) is 18.0 Å². The van der Waals surface area contributed by atoms with Gasteiger partial charge in [-0.1, -0.05) is 26.8 Å². The summed E-state index contributed by atoms with van der Waals surface area (Å²) in [5.41, 5.74) is -0.827. The number of alkyl halides is 3. The van der Waals surface area contributed by atoms with Gasteiger partial charge in [-0.25, -0.2) is 14.8 Å². The van der Waals surface area contributed by atoms with Crippen LogP contribution >= 0.6 is 0 Å². The number of nitrogens with one attached hydrogen (secondary N) is 1. The Balaban J connectivity index is 1.89. The Kier molecular flexibility index (Phi) is 9.55. The van der Waals surface area contributed by atoms with Crippen molar-refractivity contribution >= 4 is 17.7 Å². The van der Waals surface area contributed by atoms with E-state index in [4.69, 9.17) is 9.47 Å². The molecule has 2 aromatic rings.